The molecular weight excluding hydrogens is 360 g/mol. The van der Waals surface area contributed by atoms with Crippen LogP contribution in [0.5, 0.6) is 0 Å². The number of nitrogens with one attached hydrogen (secondary N) is 1. The number of carbonyl (C=O) groups excluding carboxylic acids is 3. The van der Waals surface area contributed by atoms with Gasteiger partial charge in [0.05, 0.1) is 24.3 Å². The van der Waals surface area contributed by atoms with Crippen molar-refractivity contribution in [3.63, 3.8) is 0 Å². The Kier molecular flexibility index (Phi) is 6.32. The number of nitrogens with zero attached hydrogens (tertiary/aromatic N) is 1. The Bertz CT molecular complexity index is 600. The topological polar surface area (TPSA) is 84.9 Å². The average molecular weight is 395 g/mol. The van der Waals surface area contributed by atoms with Crippen LogP contribution in [0.2, 0.25) is 0 Å². The van der Waals surface area contributed by atoms with E-state index < -0.39 is 11.1 Å². The molecule has 2 atom stereocenters. The summed E-state index contributed by atoms with van der Waals surface area (Å²) in [5.74, 6) is 0.342. The van der Waals surface area contributed by atoms with Crippen LogP contribution >= 0.6 is 0 Å². The van der Waals surface area contributed by atoms with Gasteiger partial charge in [-0.15, -0.1) is 0 Å². The molecule has 7 heteroatoms. The minimum absolute atomic E-state index is 0.0384. The number of rotatable bonds is 3. The summed E-state index contributed by atoms with van der Waals surface area (Å²) in [6.07, 6.45) is 6.15. The van der Waals surface area contributed by atoms with E-state index in [2.05, 4.69) is 5.32 Å². The molecule has 28 heavy (non-hydrogen) atoms. The lowest BCUT2D eigenvalue weighted by Crippen LogP contribution is -2.69. The number of piperidine rings is 2. The Hall–Kier alpha value is -1.63. The molecule has 0 aromatic carbocycles. The normalized spacial score (nSPS) is 29.7. The molecule has 0 unspecified atom stereocenters. The van der Waals surface area contributed by atoms with Crippen LogP contribution in [-0.2, 0) is 19.1 Å². The van der Waals surface area contributed by atoms with E-state index in [0.29, 0.717) is 38.2 Å². The number of hydrogen-bond acceptors (Lipinski definition) is 5. The maximum absolute atomic E-state index is 12.9. The van der Waals surface area contributed by atoms with Gasteiger partial charge in [0, 0.05) is 25.8 Å². The van der Waals surface area contributed by atoms with Crippen molar-refractivity contribution in [3.8, 4) is 0 Å². The van der Waals surface area contributed by atoms with Gasteiger partial charge in [-0.25, -0.2) is 4.79 Å². The van der Waals surface area contributed by atoms with Crippen molar-refractivity contribution < 1.29 is 23.9 Å². The van der Waals surface area contributed by atoms with E-state index in [4.69, 9.17) is 9.47 Å². The predicted molar refractivity (Wildman–Crippen MR) is 104 cm³/mol. The molecule has 2 saturated heterocycles. The summed E-state index contributed by atoms with van der Waals surface area (Å²) in [4.78, 5) is 38.4. The molecule has 1 saturated carbocycles. The average Bonchev–Trinajstić information content (AvgIpc) is 2.60. The van der Waals surface area contributed by atoms with Crippen molar-refractivity contribution in [2.45, 2.75) is 102 Å². The zero-order valence-electron chi connectivity index (χ0n) is 17.4. The van der Waals surface area contributed by atoms with Crippen LogP contribution in [0.1, 0.15) is 78.6 Å². The van der Waals surface area contributed by atoms with Crippen molar-refractivity contribution >= 4 is 17.8 Å². The van der Waals surface area contributed by atoms with Gasteiger partial charge in [-0.1, -0.05) is 0 Å². The molecule has 0 radical (unpaired) electrons. The summed E-state index contributed by atoms with van der Waals surface area (Å²) in [6, 6.07) is -0.252. The fraction of sp³-hybridized carbons (Fsp3) is 0.857. The first kappa shape index (κ1) is 21.1. The van der Waals surface area contributed by atoms with Gasteiger partial charge in [0.25, 0.3) is 0 Å². The zero-order valence-corrected chi connectivity index (χ0v) is 17.4. The molecule has 7 nitrogen and oxygen atoms in total. The van der Waals surface area contributed by atoms with Crippen LogP contribution in [-0.4, -0.2) is 59.1 Å². The first-order valence-electron chi connectivity index (χ1n) is 10.6. The largest absolute Gasteiger partial charge is 0.444 e. The number of ether oxygens (including phenoxy) is 2. The first-order valence-corrected chi connectivity index (χ1v) is 10.6. The predicted octanol–water partition coefficient (Wildman–Crippen LogP) is 2.95. The molecule has 0 aromatic rings. The molecule has 158 valence electrons. The van der Waals surface area contributed by atoms with E-state index in [-0.39, 0.29) is 24.1 Å². The zero-order chi connectivity index (χ0) is 20.4. The second-order valence-corrected chi connectivity index (χ2v) is 9.42. The van der Waals surface area contributed by atoms with Gasteiger partial charge in [-0.05, 0) is 59.3 Å². The van der Waals surface area contributed by atoms with Gasteiger partial charge in [0.2, 0.25) is 5.91 Å². The Morgan fingerprint density at radius 2 is 1.82 bits per heavy atom. The molecule has 3 aliphatic rings. The first-order chi connectivity index (χ1) is 13.2. The monoisotopic (exact) mass is 394 g/mol. The third-order valence-electron chi connectivity index (χ3n) is 6.06. The van der Waals surface area contributed by atoms with Crippen molar-refractivity contribution in [2.75, 3.05) is 13.2 Å². The number of carbonyl (C=O) groups is 3. The van der Waals surface area contributed by atoms with Crippen molar-refractivity contribution in [1.82, 2.24) is 10.2 Å². The lowest BCUT2D eigenvalue weighted by Gasteiger charge is -2.52. The lowest BCUT2D eigenvalue weighted by atomic mass is 9.75. The number of Topliss-reactive ketones (excluding diaryl/α,β-unsaturated/α-hetero) is 1. The minimum Gasteiger partial charge on any atom is -0.444 e. The maximum Gasteiger partial charge on any atom is 0.410 e. The summed E-state index contributed by atoms with van der Waals surface area (Å²) < 4.78 is 11.8. The lowest BCUT2D eigenvalue weighted by molar-refractivity contribution is -0.131. The highest BCUT2D eigenvalue weighted by molar-refractivity contribution is 5.79. The Labute approximate surface area is 167 Å². The van der Waals surface area contributed by atoms with Crippen molar-refractivity contribution in [3.05, 3.63) is 0 Å². The van der Waals surface area contributed by atoms with Crippen LogP contribution in [0.4, 0.5) is 4.79 Å². The quantitative estimate of drug-likeness (QED) is 0.795. The number of amides is 2. The molecule has 1 spiro atoms. The van der Waals surface area contributed by atoms with E-state index in [1.54, 1.807) is 4.90 Å². The molecule has 0 aromatic heterocycles. The molecule has 2 amide bonds. The molecular formula is C21H34N2O5. The van der Waals surface area contributed by atoms with E-state index >= 15 is 0 Å². The van der Waals surface area contributed by atoms with Crippen LogP contribution in [0.25, 0.3) is 0 Å². The van der Waals surface area contributed by atoms with Crippen molar-refractivity contribution in [2.24, 2.45) is 0 Å². The highest BCUT2D eigenvalue weighted by atomic mass is 16.6. The summed E-state index contributed by atoms with van der Waals surface area (Å²) in [7, 11) is 0. The summed E-state index contributed by atoms with van der Waals surface area (Å²) in [5, 5.41) is 3.20. The van der Waals surface area contributed by atoms with E-state index in [1.165, 1.54) is 0 Å². The molecule has 1 aliphatic carbocycles. The highest BCUT2D eigenvalue weighted by Gasteiger charge is 2.49. The molecule has 3 rings (SSSR count). The third-order valence-corrected chi connectivity index (χ3v) is 6.06. The van der Waals surface area contributed by atoms with Crippen LogP contribution in [0, 0.1) is 0 Å². The van der Waals surface area contributed by atoms with Gasteiger partial charge in [-0.3, -0.25) is 9.59 Å². The van der Waals surface area contributed by atoms with Crippen LogP contribution in [0.3, 0.4) is 0 Å². The third kappa shape index (κ3) is 5.04. The van der Waals surface area contributed by atoms with Gasteiger partial charge in [0.1, 0.15) is 11.4 Å². The Balaban J connectivity index is 1.76. The SMILES string of the molecule is CC(C)(C)OC(=O)N1CCC[C@@]2(CCCC(=O)N2)[C@@H]1COC1CCC(=O)CC1. The number of ketones is 1. The number of likely N-dealkylation sites (tertiary alicyclic amines) is 1. The van der Waals surface area contributed by atoms with E-state index in [9.17, 15) is 14.4 Å². The molecule has 1 N–H and O–H groups in total. The van der Waals surface area contributed by atoms with Gasteiger partial charge in [0.15, 0.2) is 0 Å². The minimum atomic E-state index is -0.577. The second kappa shape index (κ2) is 8.39. The van der Waals surface area contributed by atoms with Crippen molar-refractivity contribution in [1.29, 1.82) is 0 Å². The smallest absolute Gasteiger partial charge is 0.410 e. The van der Waals surface area contributed by atoms with Crippen LogP contribution in [0.15, 0.2) is 0 Å². The number of hydrogen-bond donors (Lipinski definition) is 1. The Morgan fingerprint density at radius 3 is 2.46 bits per heavy atom. The van der Waals surface area contributed by atoms with Crippen LogP contribution < -0.4 is 5.32 Å². The Morgan fingerprint density at radius 1 is 1.14 bits per heavy atom. The summed E-state index contributed by atoms with van der Waals surface area (Å²) in [6.45, 7) is 6.54. The maximum atomic E-state index is 12.9. The summed E-state index contributed by atoms with van der Waals surface area (Å²) in [5.41, 5.74) is -1.03. The van der Waals surface area contributed by atoms with Gasteiger partial charge in [-0.2, -0.15) is 0 Å². The fourth-order valence-electron chi connectivity index (χ4n) is 4.69. The highest BCUT2D eigenvalue weighted by Crippen LogP contribution is 2.36. The molecule has 0 bridgehead atoms. The standard InChI is InChI=1S/C21H34N2O5/c1-20(2,3)28-19(26)23-13-5-12-21(11-4-6-18(25)22-21)17(23)14-27-16-9-7-15(24)8-10-16/h16-17H,4-14H2,1-3H3,(H,22,25)/t17-,21-/m0/s1. The molecule has 2 aliphatic heterocycles. The van der Waals surface area contributed by atoms with E-state index in [1.807, 2.05) is 20.8 Å². The summed E-state index contributed by atoms with van der Waals surface area (Å²) >= 11 is 0. The van der Waals surface area contributed by atoms with Gasteiger partial charge < -0.3 is 19.7 Å². The van der Waals surface area contributed by atoms with E-state index in [0.717, 1.165) is 38.5 Å². The molecule has 3 fully saturated rings. The molecule has 2 heterocycles. The van der Waals surface area contributed by atoms with Gasteiger partial charge >= 0.3 is 6.09 Å². The fourth-order valence-corrected chi connectivity index (χ4v) is 4.69. The second-order valence-electron chi connectivity index (χ2n) is 9.42.